The van der Waals surface area contributed by atoms with Crippen molar-refractivity contribution in [2.75, 3.05) is 0 Å². The molecule has 4 rings (SSSR count). The van der Waals surface area contributed by atoms with Crippen LogP contribution in [0.25, 0.3) is 0 Å². The van der Waals surface area contributed by atoms with Crippen molar-refractivity contribution >= 4 is 5.69 Å². The fourth-order valence-electron chi connectivity index (χ4n) is 3.29. The lowest BCUT2D eigenvalue weighted by Gasteiger charge is -2.27. The summed E-state index contributed by atoms with van der Waals surface area (Å²) in [5.41, 5.74) is 3.53. The molecule has 1 atom stereocenters. The molecule has 1 aliphatic rings. The summed E-state index contributed by atoms with van der Waals surface area (Å²) in [6, 6.07) is 17.1. The number of hydrogen-bond acceptors (Lipinski definition) is 5. The number of nitrogens with zero attached hydrogens (tertiary/aromatic N) is 2. The summed E-state index contributed by atoms with van der Waals surface area (Å²) in [4.78, 5) is 14.2. The summed E-state index contributed by atoms with van der Waals surface area (Å²) in [5, 5.41) is 10.7. The Bertz CT molecular complexity index is 984. The summed E-state index contributed by atoms with van der Waals surface area (Å²) >= 11 is 0. The molecule has 3 aromatic rings. The van der Waals surface area contributed by atoms with E-state index in [-0.39, 0.29) is 11.8 Å². The number of nitro groups is 1. The van der Waals surface area contributed by atoms with E-state index < -0.39 is 4.92 Å². The van der Waals surface area contributed by atoms with E-state index in [4.69, 9.17) is 9.47 Å². The van der Waals surface area contributed by atoms with E-state index in [2.05, 4.69) is 36.2 Å². The van der Waals surface area contributed by atoms with Crippen molar-refractivity contribution in [3.8, 4) is 17.4 Å². The van der Waals surface area contributed by atoms with Crippen LogP contribution in [0.5, 0.6) is 17.4 Å². The molecule has 0 amide bonds. The maximum absolute atomic E-state index is 10.7. The lowest BCUT2D eigenvalue weighted by Crippen LogP contribution is -2.15. The Morgan fingerprint density at radius 2 is 2.00 bits per heavy atom. The Morgan fingerprint density at radius 3 is 2.68 bits per heavy atom. The molecule has 0 fully saturated rings. The normalized spacial score (nSPS) is 15.4. The number of ether oxygens (including phenoxy) is 2. The molecule has 0 N–H and O–H groups in total. The molecule has 0 aliphatic carbocycles. The third-order valence-corrected chi connectivity index (χ3v) is 4.89. The predicted octanol–water partition coefficient (Wildman–Crippen LogP) is 5.41. The van der Waals surface area contributed by atoms with E-state index in [0.717, 1.165) is 30.6 Å². The predicted molar refractivity (Wildman–Crippen MR) is 105 cm³/mol. The average molecular weight is 376 g/mol. The van der Waals surface area contributed by atoms with E-state index in [0.29, 0.717) is 11.6 Å². The fourth-order valence-corrected chi connectivity index (χ4v) is 3.29. The van der Waals surface area contributed by atoms with Crippen molar-refractivity contribution in [2.45, 2.75) is 32.3 Å². The average Bonchev–Trinajstić information content (AvgIpc) is 2.74. The van der Waals surface area contributed by atoms with Gasteiger partial charge in [0.1, 0.15) is 23.8 Å². The van der Waals surface area contributed by atoms with Crippen LogP contribution in [0, 0.1) is 10.1 Å². The number of rotatable bonds is 5. The number of aryl methyl sites for hydroxylation is 2. The number of pyridine rings is 1. The fraction of sp³-hybridized carbons (Fsp3) is 0.227. The first-order valence-electron chi connectivity index (χ1n) is 9.29. The van der Waals surface area contributed by atoms with Crippen LogP contribution in [0.4, 0.5) is 5.69 Å². The van der Waals surface area contributed by atoms with E-state index in [1.807, 2.05) is 18.2 Å². The Labute approximate surface area is 162 Å². The number of hydrogen-bond donors (Lipinski definition) is 0. The molecule has 0 saturated carbocycles. The molecule has 28 heavy (non-hydrogen) atoms. The van der Waals surface area contributed by atoms with Crippen molar-refractivity contribution in [3.63, 3.8) is 0 Å². The minimum atomic E-state index is -0.487. The molecule has 0 radical (unpaired) electrons. The molecule has 0 bridgehead atoms. The van der Waals surface area contributed by atoms with Crippen LogP contribution in [0.15, 0.2) is 60.8 Å². The van der Waals surface area contributed by atoms with Crippen molar-refractivity contribution in [2.24, 2.45) is 0 Å². The topological polar surface area (TPSA) is 74.5 Å². The Morgan fingerprint density at radius 1 is 1.18 bits per heavy atom. The van der Waals surface area contributed by atoms with Gasteiger partial charge in [-0.3, -0.25) is 10.1 Å². The zero-order chi connectivity index (χ0) is 19.5. The monoisotopic (exact) mass is 376 g/mol. The summed E-state index contributed by atoms with van der Waals surface area (Å²) in [7, 11) is 0. The van der Waals surface area contributed by atoms with Crippen LogP contribution in [-0.2, 0) is 12.8 Å². The maximum Gasteiger partial charge on any atom is 0.287 e. The molecule has 6 nitrogen and oxygen atoms in total. The molecular weight excluding hydrogens is 356 g/mol. The van der Waals surface area contributed by atoms with Gasteiger partial charge in [-0.1, -0.05) is 31.2 Å². The standard InChI is InChI=1S/C22H20N2O4/c1-2-15-3-5-16(6-4-15)20-10-7-17-13-19(9-11-21(17)28-20)27-22-12-8-18(14-23-22)24(25)26/h3-6,8-9,11-14,20H,2,7,10H2,1H3. The Hall–Kier alpha value is -3.41. The first kappa shape index (κ1) is 18.0. The van der Waals surface area contributed by atoms with Gasteiger partial charge in [0.15, 0.2) is 0 Å². The quantitative estimate of drug-likeness (QED) is 0.440. The zero-order valence-electron chi connectivity index (χ0n) is 15.5. The third kappa shape index (κ3) is 3.81. The van der Waals surface area contributed by atoms with Gasteiger partial charge in [-0.25, -0.2) is 4.98 Å². The van der Waals surface area contributed by atoms with Crippen LogP contribution in [0.2, 0.25) is 0 Å². The molecule has 1 aliphatic heterocycles. The SMILES string of the molecule is CCc1ccc(C2CCc3cc(Oc4ccc([N+](=O)[O-])cn4)ccc3O2)cc1. The Balaban J connectivity index is 1.46. The highest BCUT2D eigenvalue weighted by Gasteiger charge is 2.22. The molecule has 142 valence electrons. The number of benzene rings is 2. The van der Waals surface area contributed by atoms with Crippen molar-refractivity contribution < 1.29 is 14.4 Å². The largest absolute Gasteiger partial charge is 0.485 e. The van der Waals surface area contributed by atoms with E-state index in [1.165, 1.54) is 29.5 Å². The van der Waals surface area contributed by atoms with Crippen molar-refractivity contribution in [1.29, 1.82) is 0 Å². The minimum Gasteiger partial charge on any atom is -0.485 e. The number of aromatic nitrogens is 1. The van der Waals surface area contributed by atoms with Crippen LogP contribution < -0.4 is 9.47 Å². The van der Waals surface area contributed by atoms with Gasteiger partial charge in [0.05, 0.1) is 4.92 Å². The summed E-state index contributed by atoms with van der Waals surface area (Å²) < 4.78 is 11.9. The van der Waals surface area contributed by atoms with Crippen LogP contribution in [0.3, 0.4) is 0 Å². The summed E-state index contributed by atoms with van der Waals surface area (Å²) in [6.07, 6.45) is 4.06. The molecule has 2 heterocycles. The smallest absolute Gasteiger partial charge is 0.287 e. The first-order valence-corrected chi connectivity index (χ1v) is 9.29. The second kappa shape index (κ2) is 7.68. The second-order valence-corrected chi connectivity index (χ2v) is 6.72. The van der Waals surface area contributed by atoms with Crippen LogP contribution in [-0.4, -0.2) is 9.91 Å². The highest BCUT2D eigenvalue weighted by atomic mass is 16.6. The van der Waals surface area contributed by atoms with Crippen molar-refractivity contribution in [3.05, 3.63) is 87.6 Å². The molecule has 1 unspecified atom stereocenters. The van der Waals surface area contributed by atoms with Gasteiger partial charge in [0, 0.05) is 12.1 Å². The lowest BCUT2D eigenvalue weighted by atomic mass is 9.96. The first-order chi connectivity index (χ1) is 13.6. The molecule has 6 heteroatoms. The Kier molecular flexibility index (Phi) is 4.93. The van der Waals surface area contributed by atoms with Crippen LogP contribution in [0.1, 0.15) is 36.1 Å². The molecule has 0 saturated heterocycles. The van der Waals surface area contributed by atoms with Gasteiger partial charge in [-0.05, 0) is 54.2 Å². The summed E-state index contributed by atoms with van der Waals surface area (Å²) in [6.45, 7) is 2.15. The summed E-state index contributed by atoms with van der Waals surface area (Å²) in [5.74, 6) is 1.81. The van der Waals surface area contributed by atoms with Gasteiger partial charge in [-0.2, -0.15) is 0 Å². The second-order valence-electron chi connectivity index (χ2n) is 6.72. The van der Waals surface area contributed by atoms with Crippen molar-refractivity contribution in [1.82, 2.24) is 4.98 Å². The van der Waals surface area contributed by atoms with E-state index >= 15 is 0 Å². The van der Waals surface area contributed by atoms with Gasteiger partial charge >= 0.3 is 0 Å². The van der Waals surface area contributed by atoms with Gasteiger partial charge < -0.3 is 9.47 Å². The van der Waals surface area contributed by atoms with Gasteiger partial charge in [0.2, 0.25) is 5.88 Å². The van der Waals surface area contributed by atoms with Crippen LogP contribution >= 0.6 is 0 Å². The van der Waals surface area contributed by atoms with Gasteiger partial charge in [-0.15, -0.1) is 0 Å². The lowest BCUT2D eigenvalue weighted by molar-refractivity contribution is -0.385. The molecular formula is C22H20N2O4. The minimum absolute atomic E-state index is 0.0570. The number of fused-ring (bicyclic) bond motifs is 1. The van der Waals surface area contributed by atoms with Gasteiger partial charge in [0.25, 0.3) is 5.69 Å². The highest BCUT2D eigenvalue weighted by Crippen LogP contribution is 2.37. The van der Waals surface area contributed by atoms with E-state index in [9.17, 15) is 10.1 Å². The highest BCUT2D eigenvalue weighted by molar-refractivity contribution is 5.44. The zero-order valence-corrected chi connectivity index (χ0v) is 15.5. The third-order valence-electron chi connectivity index (χ3n) is 4.89. The molecule has 1 aromatic heterocycles. The molecule has 0 spiro atoms. The molecule has 2 aromatic carbocycles. The van der Waals surface area contributed by atoms with E-state index in [1.54, 1.807) is 0 Å². The maximum atomic E-state index is 10.7.